The molecule has 0 saturated carbocycles. The molecule has 3 aliphatic rings. The van der Waals surface area contributed by atoms with Gasteiger partial charge in [0.2, 0.25) is 11.8 Å². The van der Waals surface area contributed by atoms with Gasteiger partial charge in [0.25, 0.3) is 0 Å². The number of H-pyrrole nitrogens is 1. The highest BCUT2D eigenvalue weighted by Gasteiger charge is 2.67. The van der Waals surface area contributed by atoms with Crippen LogP contribution in [-0.2, 0) is 20.9 Å². The van der Waals surface area contributed by atoms with Crippen molar-refractivity contribution in [2.75, 3.05) is 13.6 Å². The quantitative estimate of drug-likeness (QED) is 0.779. The molecule has 1 spiro atoms. The highest BCUT2D eigenvalue weighted by molar-refractivity contribution is 5.93. The summed E-state index contributed by atoms with van der Waals surface area (Å²) in [6.07, 6.45) is 8.90. The van der Waals surface area contributed by atoms with Crippen LogP contribution in [0.25, 0.3) is 0 Å². The fourth-order valence-corrected chi connectivity index (χ4v) is 4.79. The van der Waals surface area contributed by atoms with E-state index in [1.807, 2.05) is 17.1 Å². The molecule has 0 aromatic carbocycles. The number of carbonyl (C=O) groups is 2. The fourth-order valence-electron chi connectivity index (χ4n) is 4.79. The molecule has 7 nitrogen and oxygen atoms in total. The van der Waals surface area contributed by atoms with Gasteiger partial charge in [-0.25, -0.2) is 4.98 Å². The van der Waals surface area contributed by atoms with E-state index in [9.17, 15) is 9.59 Å². The smallest absolute Gasteiger partial charge is 0.230 e. The largest absolute Gasteiger partial charge is 0.360 e. The minimum Gasteiger partial charge on any atom is -0.360 e. The van der Waals surface area contributed by atoms with Crippen LogP contribution in [0.5, 0.6) is 0 Å². The van der Waals surface area contributed by atoms with Crippen molar-refractivity contribution in [2.45, 2.75) is 51.0 Å². The van der Waals surface area contributed by atoms with Crippen molar-refractivity contribution in [3.8, 4) is 0 Å². The molecule has 0 aliphatic carbocycles. The van der Waals surface area contributed by atoms with Crippen molar-refractivity contribution in [1.29, 1.82) is 0 Å². The number of aromatic amines is 1. The molecule has 3 aliphatic heterocycles. The van der Waals surface area contributed by atoms with Crippen LogP contribution in [0.4, 0.5) is 0 Å². The van der Waals surface area contributed by atoms with Crippen LogP contribution in [0.2, 0.25) is 0 Å². The minimum atomic E-state index is -0.629. The predicted octanol–water partition coefficient (Wildman–Crippen LogP) is 1.34. The number of likely N-dealkylation sites (tertiary alicyclic amines) is 1. The fraction of sp³-hybridized carbons (Fsp3) is 0.632. The molecule has 4 atom stereocenters. The lowest BCUT2D eigenvalue weighted by molar-refractivity contribution is -0.143. The number of amides is 2. The van der Waals surface area contributed by atoms with E-state index in [0.29, 0.717) is 13.1 Å². The molecule has 2 bridgehead atoms. The lowest BCUT2D eigenvalue weighted by atomic mass is 9.76. The molecule has 2 amide bonds. The average Bonchev–Trinajstić information content (AvgIpc) is 3.38. The summed E-state index contributed by atoms with van der Waals surface area (Å²) in [6, 6.07) is 0.204. The molecule has 26 heavy (non-hydrogen) atoms. The Morgan fingerprint density at radius 3 is 2.92 bits per heavy atom. The summed E-state index contributed by atoms with van der Waals surface area (Å²) >= 11 is 0. The topological polar surface area (TPSA) is 78.5 Å². The summed E-state index contributed by atoms with van der Waals surface area (Å²) in [5.74, 6) is -0.124. The van der Waals surface area contributed by atoms with E-state index in [1.54, 1.807) is 24.3 Å². The van der Waals surface area contributed by atoms with Crippen molar-refractivity contribution < 1.29 is 14.3 Å². The molecule has 2 saturated heterocycles. The van der Waals surface area contributed by atoms with E-state index >= 15 is 0 Å². The SMILES string of the molecule is CCC(CC)N1C[C@@]23C=C[C@@H](O2)C(C(=O)N(C)Cc2ncc[nH]2)C3C1=O. The van der Waals surface area contributed by atoms with Gasteiger partial charge < -0.3 is 19.5 Å². The summed E-state index contributed by atoms with van der Waals surface area (Å²) in [6.45, 7) is 5.15. The van der Waals surface area contributed by atoms with Crippen LogP contribution in [0.15, 0.2) is 24.5 Å². The Morgan fingerprint density at radius 1 is 1.50 bits per heavy atom. The zero-order chi connectivity index (χ0) is 18.5. The minimum absolute atomic E-state index is 0.0534. The van der Waals surface area contributed by atoms with E-state index in [4.69, 9.17) is 4.74 Å². The third kappa shape index (κ3) is 2.40. The van der Waals surface area contributed by atoms with Gasteiger partial charge in [0.05, 0.1) is 31.0 Å². The maximum absolute atomic E-state index is 13.2. The second-order valence-electron chi connectivity index (χ2n) is 7.57. The van der Waals surface area contributed by atoms with Gasteiger partial charge in [-0.05, 0) is 12.8 Å². The number of nitrogens with one attached hydrogen (secondary N) is 1. The Bertz CT molecular complexity index is 727. The lowest BCUT2D eigenvalue weighted by Gasteiger charge is -2.29. The van der Waals surface area contributed by atoms with Crippen molar-refractivity contribution in [1.82, 2.24) is 19.8 Å². The zero-order valence-electron chi connectivity index (χ0n) is 15.5. The molecule has 4 rings (SSSR count). The van der Waals surface area contributed by atoms with Crippen molar-refractivity contribution in [2.24, 2.45) is 11.8 Å². The third-order valence-electron chi connectivity index (χ3n) is 6.12. The number of rotatable bonds is 6. The van der Waals surface area contributed by atoms with Crippen LogP contribution in [0.3, 0.4) is 0 Å². The van der Waals surface area contributed by atoms with Crippen LogP contribution in [0, 0.1) is 11.8 Å². The van der Waals surface area contributed by atoms with Crippen LogP contribution < -0.4 is 0 Å². The molecular formula is C19H26N4O3. The summed E-state index contributed by atoms with van der Waals surface area (Å²) in [5, 5.41) is 0. The van der Waals surface area contributed by atoms with Gasteiger partial charge >= 0.3 is 0 Å². The molecule has 140 valence electrons. The molecule has 0 radical (unpaired) electrons. The van der Waals surface area contributed by atoms with E-state index in [-0.39, 0.29) is 24.0 Å². The first kappa shape index (κ1) is 17.3. The van der Waals surface area contributed by atoms with Gasteiger partial charge in [-0.15, -0.1) is 0 Å². The Balaban J connectivity index is 1.57. The molecule has 7 heteroatoms. The van der Waals surface area contributed by atoms with E-state index in [1.165, 1.54) is 0 Å². The monoisotopic (exact) mass is 358 g/mol. The van der Waals surface area contributed by atoms with Gasteiger partial charge in [0.1, 0.15) is 11.4 Å². The maximum atomic E-state index is 13.2. The number of carbonyl (C=O) groups excluding carboxylic acids is 2. The number of fused-ring (bicyclic) bond motifs is 1. The Labute approximate surface area is 153 Å². The second kappa shape index (κ2) is 6.23. The number of aromatic nitrogens is 2. The van der Waals surface area contributed by atoms with Crippen molar-refractivity contribution in [3.63, 3.8) is 0 Å². The lowest BCUT2D eigenvalue weighted by Crippen LogP contribution is -2.45. The summed E-state index contributed by atoms with van der Waals surface area (Å²) < 4.78 is 6.20. The van der Waals surface area contributed by atoms with Crippen molar-refractivity contribution in [3.05, 3.63) is 30.4 Å². The highest BCUT2D eigenvalue weighted by Crippen LogP contribution is 2.52. The van der Waals surface area contributed by atoms with E-state index in [2.05, 4.69) is 23.8 Å². The van der Waals surface area contributed by atoms with Crippen LogP contribution in [0.1, 0.15) is 32.5 Å². The highest BCUT2D eigenvalue weighted by atomic mass is 16.5. The normalized spacial score (nSPS) is 31.9. The first-order valence-corrected chi connectivity index (χ1v) is 9.41. The molecular weight excluding hydrogens is 332 g/mol. The maximum Gasteiger partial charge on any atom is 0.230 e. The molecule has 2 fully saturated rings. The number of hydrogen-bond acceptors (Lipinski definition) is 4. The number of nitrogens with zero attached hydrogens (tertiary/aromatic N) is 3. The molecule has 4 heterocycles. The Hall–Kier alpha value is -2.15. The standard InChI is InChI=1S/C19H26N4O3/c1-4-12(5-2)23-11-19-7-6-13(26-19)15(16(19)18(23)25)17(24)22(3)10-14-20-8-9-21-14/h6-9,12-13,15-16H,4-5,10-11H2,1-3H3,(H,20,21)/t13-,15?,16?,19-/m1/s1. The predicted molar refractivity (Wildman–Crippen MR) is 94.9 cm³/mol. The molecule has 1 aromatic heterocycles. The number of hydrogen-bond donors (Lipinski definition) is 1. The molecule has 1 N–H and O–H groups in total. The molecule has 1 aromatic rings. The van der Waals surface area contributed by atoms with Gasteiger partial charge in [0, 0.05) is 25.5 Å². The van der Waals surface area contributed by atoms with Gasteiger partial charge in [-0.1, -0.05) is 26.0 Å². The number of imidazole rings is 1. The third-order valence-corrected chi connectivity index (χ3v) is 6.12. The Morgan fingerprint density at radius 2 is 2.27 bits per heavy atom. The Kier molecular flexibility index (Phi) is 4.14. The zero-order valence-corrected chi connectivity index (χ0v) is 15.5. The van der Waals surface area contributed by atoms with Gasteiger partial charge in [-0.3, -0.25) is 9.59 Å². The first-order chi connectivity index (χ1) is 12.5. The van der Waals surface area contributed by atoms with E-state index < -0.39 is 17.4 Å². The molecule has 2 unspecified atom stereocenters. The summed E-state index contributed by atoms with van der Waals surface area (Å²) in [4.78, 5) is 37.1. The van der Waals surface area contributed by atoms with E-state index in [0.717, 1.165) is 18.7 Å². The average molecular weight is 358 g/mol. The van der Waals surface area contributed by atoms with Gasteiger partial charge in [-0.2, -0.15) is 0 Å². The van der Waals surface area contributed by atoms with Crippen LogP contribution >= 0.6 is 0 Å². The summed E-state index contributed by atoms with van der Waals surface area (Å²) in [7, 11) is 1.76. The van der Waals surface area contributed by atoms with Crippen LogP contribution in [-0.4, -0.2) is 62.9 Å². The number of ether oxygens (including phenoxy) is 1. The summed E-state index contributed by atoms with van der Waals surface area (Å²) in [5.41, 5.74) is -0.629. The van der Waals surface area contributed by atoms with Gasteiger partial charge in [0.15, 0.2) is 0 Å². The van der Waals surface area contributed by atoms with Crippen molar-refractivity contribution >= 4 is 11.8 Å². The first-order valence-electron chi connectivity index (χ1n) is 9.41. The second-order valence-corrected chi connectivity index (χ2v) is 7.57.